The molecule has 6 nitrogen and oxygen atoms in total. The fourth-order valence-corrected chi connectivity index (χ4v) is 5.77. The van der Waals surface area contributed by atoms with Gasteiger partial charge in [0.1, 0.15) is 0 Å². The highest BCUT2D eigenvalue weighted by Crippen LogP contribution is 2.39. The number of amides is 2. The van der Waals surface area contributed by atoms with E-state index < -0.39 is 0 Å². The van der Waals surface area contributed by atoms with E-state index in [0.717, 1.165) is 37.4 Å². The van der Waals surface area contributed by atoms with Gasteiger partial charge in [0.2, 0.25) is 5.91 Å². The van der Waals surface area contributed by atoms with Crippen molar-refractivity contribution in [3.8, 4) is 11.5 Å². The Labute approximate surface area is 175 Å². The molecule has 0 bridgehead atoms. The third kappa shape index (κ3) is 7.83. The summed E-state index contributed by atoms with van der Waals surface area (Å²) in [5.74, 6) is 1.78. The molecule has 1 aliphatic heterocycles. The van der Waals surface area contributed by atoms with Crippen molar-refractivity contribution in [1.29, 1.82) is 0 Å². The molecule has 0 spiro atoms. The second-order valence-electron chi connectivity index (χ2n) is 6.64. The number of hydrogen-bond donors (Lipinski definition) is 2. The second-order valence-corrected chi connectivity index (χ2v) is 9.43. The summed E-state index contributed by atoms with van der Waals surface area (Å²) >= 11 is 0. The zero-order chi connectivity index (χ0) is 20.2. The fourth-order valence-electron chi connectivity index (χ4n) is 2.74. The Bertz CT molecular complexity index is 637. The normalized spacial score (nSPS) is 15.9. The van der Waals surface area contributed by atoms with Crippen LogP contribution in [0.15, 0.2) is 18.2 Å². The first kappa shape index (κ1) is 22.7. The predicted molar refractivity (Wildman–Crippen MR) is 116 cm³/mol. The van der Waals surface area contributed by atoms with Gasteiger partial charge in [-0.2, -0.15) is 0 Å². The van der Waals surface area contributed by atoms with Crippen LogP contribution in [0.25, 0.3) is 0 Å². The van der Waals surface area contributed by atoms with Gasteiger partial charge in [0.05, 0.1) is 13.7 Å². The van der Waals surface area contributed by atoms with E-state index in [-0.39, 0.29) is 11.8 Å². The molecule has 0 aliphatic carbocycles. The number of carbonyl (C=O) groups is 2. The lowest BCUT2D eigenvalue weighted by Gasteiger charge is -2.12. The fraction of sp³-hybridized carbons (Fsp3) is 0.600. The Balaban J connectivity index is 1.71. The van der Waals surface area contributed by atoms with Crippen molar-refractivity contribution in [3.05, 3.63) is 23.8 Å². The van der Waals surface area contributed by atoms with Crippen LogP contribution < -0.4 is 20.3 Å². The third-order valence-corrected chi connectivity index (χ3v) is 7.41. The largest absolute Gasteiger partial charge is 0.493 e. The van der Waals surface area contributed by atoms with Crippen LogP contribution in [-0.2, 0) is 4.79 Å². The first-order valence-electron chi connectivity index (χ1n) is 9.82. The number of rotatable bonds is 11. The summed E-state index contributed by atoms with van der Waals surface area (Å²) < 4.78 is 11.0. The molecule has 1 saturated heterocycles. The summed E-state index contributed by atoms with van der Waals surface area (Å²) in [6, 6.07) is 4.98. The third-order valence-electron chi connectivity index (χ3n) is 4.40. The summed E-state index contributed by atoms with van der Waals surface area (Å²) in [5.41, 5.74) is 5.34. The minimum atomic E-state index is -0.383. The van der Waals surface area contributed by atoms with Gasteiger partial charge in [-0.3, -0.25) is 20.4 Å². The van der Waals surface area contributed by atoms with E-state index in [9.17, 15) is 9.59 Å². The molecule has 156 valence electrons. The van der Waals surface area contributed by atoms with Crippen molar-refractivity contribution in [2.75, 3.05) is 19.5 Å². The highest BCUT2D eigenvalue weighted by molar-refractivity contribution is 8.77. The zero-order valence-corrected chi connectivity index (χ0v) is 18.3. The molecule has 28 heavy (non-hydrogen) atoms. The van der Waals surface area contributed by atoms with Crippen LogP contribution in [0.4, 0.5) is 0 Å². The Kier molecular flexibility index (Phi) is 10.4. The molecule has 8 heteroatoms. The van der Waals surface area contributed by atoms with Gasteiger partial charge < -0.3 is 9.47 Å². The van der Waals surface area contributed by atoms with Crippen molar-refractivity contribution in [2.24, 2.45) is 0 Å². The molecule has 1 aliphatic rings. The van der Waals surface area contributed by atoms with Gasteiger partial charge in [0, 0.05) is 23.0 Å². The van der Waals surface area contributed by atoms with Gasteiger partial charge in [-0.15, -0.1) is 0 Å². The Morgan fingerprint density at radius 3 is 2.75 bits per heavy atom. The molecule has 2 amide bonds. The molecule has 0 radical (unpaired) electrons. The van der Waals surface area contributed by atoms with Crippen LogP contribution in [0.2, 0.25) is 0 Å². The molecule has 0 saturated carbocycles. The van der Waals surface area contributed by atoms with Crippen molar-refractivity contribution >= 4 is 33.4 Å². The molecule has 1 atom stereocenters. The standard InChI is InChI=1S/C20H30N2O4S2/c1-3-4-12-26-17-10-9-15(14-18(17)25-2)20(24)22-21-19(23)8-6-5-7-16-11-13-27-28-16/h9-10,14,16H,3-8,11-13H2,1-2H3,(H,21,23)(H,22,24)/t16-/m1/s1. The number of methoxy groups -OCH3 is 1. The SMILES string of the molecule is CCCCOc1ccc(C(=O)NNC(=O)CCCC[C@@H]2CCSS2)cc1OC. The molecule has 0 unspecified atom stereocenters. The number of nitrogens with one attached hydrogen (secondary N) is 2. The van der Waals surface area contributed by atoms with Crippen LogP contribution in [0.5, 0.6) is 11.5 Å². The maximum atomic E-state index is 12.3. The van der Waals surface area contributed by atoms with Gasteiger partial charge >= 0.3 is 0 Å². The van der Waals surface area contributed by atoms with Crippen molar-refractivity contribution in [1.82, 2.24) is 10.9 Å². The molecule has 2 N–H and O–H groups in total. The number of hydrazine groups is 1. The number of hydrogen-bond acceptors (Lipinski definition) is 6. The zero-order valence-electron chi connectivity index (χ0n) is 16.6. The number of benzene rings is 1. The van der Waals surface area contributed by atoms with E-state index in [1.807, 2.05) is 21.6 Å². The average molecular weight is 427 g/mol. The van der Waals surface area contributed by atoms with Gasteiger partial charge in [0.25, 0.3) is 5.91 Å². The Morgan fingerprint density at radius 1 is 1.18 bits per heavy atom. The minimum absolute atomic E-state index is 0.173. The Morgan fingerprint density at radius 2 is 2.04 bits per heavy atom. The van der Waals surface area contributed by atoms with E-state index in [0.29, 0.717) is 30.1 Å². The average Bonchev–Trinajstić information content (AvgIpc) is 3.23. The minimum Gasteiger partial charge on any atom is -0.493 e. The lowest BCUT2D eigenvalue weighted by Crippen LogP contribution is -2.41. The van der Waals surface area contributed by atoms with E-state index >= 15 is 0 Å². The maximum absolute atomic E-state index is 12.3. The van der Waals surface area contributed by atoms with Crippen LogP contribution in [-0.4, -0.2) is 36.5 Å². The van der Waals surface area contributed by atoms with E-state index in [4.69, 9.17) is 9.47 Å². The summed E-state index contributed by atoms with van der Waals surface area (Å²) in [6.45, 7) is 2.70. The van der Waals surface area contributed by atoms with Gasteiger partial charge in [-0.25, -0.2) is 0 Å². The lowest BCUT2D eigenvalue weighted by molar-refractivity contribution is -0.122. The molecular weight excluding hydrogens is 396 g/mol. The first-order chi connectivity index (χ1) is 13.6. The van der Waals surface area contributed by atoms with E-state index in [1.54, 1.807) is 18.2 Å². The molecule has 1 aromatic rings. The molecule has 0 aromatic heterocycles. The quantitative estimate of drug-likeness (QED) is 0.311. The lowest BCUT2D eigenvalue weighted by atomic mass is 10.1. The van der Waals surface area contributed by atoms with Crippen LogP contribution in [0, 0.1) is 0 Å². The highest BCUT2D eigenvalue weighted by Gasteiger charge is 2.16. The molecule has 1 heterocycles. The topological polar surface area (TPSA) is 76.7 Å². The smallest absolute Gasteiger partial charge is 0.269 e. The second kappa shape index (κ2) is 12.8. The number of carbonyl (C=O) groups excluding carboxylic acids is 2. The molecule has 1 fully saturated rings. The number of unbranched alkanes of at least 4 members (excludes halogenated alkanes) is 2. The summed E-state index contributed by atoms with van der Waals surface area (Å²) in [5, 5.41) is 0.733. The summed E-state index contributed by atoms with van der Waals surface area (Å²) in [7, 11) is 5.44. The van der Waals surface area contributed by atoms with E-state index in [1.165, 1.54) is 19.3 Å². The van der Waals surface area contributed by atoms with E-state index in [2.05, 4.69) is 17.8 Å². The molecule has 1 aromatic carbocycles. The van der Waals surface area contributed by atoms with Crippen molar-refractivity contribution < 1.29 is 19.1 Å². The van der Waals surface area contributed by atoms with Crippen LogP contribution in [0.1, 0.15) is 62.2 Å². The van der Waals surface area contributed by atoms with Crippen molar-refractivity contribution in [2.45, 2.75) is 57.1 Å². The van der Waals surface area contributed by atoms with Crippen molar-refractivity contribution in [3.63, 3.8) is 0 Å². The maximum Gasteiger partial charge on any atom is 0.269 e. The number of ether oxygens (including phenoxy) is 2. The molecular formula is C20H30N2O4S2. The molecule has 2 rings (SSSR count). The van der Waals surface area contributed by atoms with Crippen LogP contribution >= 0.6 is 21.6 Å². The van der Waals surface area contributed by atoms with Gasteiger partial charge in [0.15, 0.2) is 11.5 Å². The van der Waals surface area contributed by atoms with Crippen LogP contribution in [0.3, 0.4) is 0 Å². The summed E-state index contributed by atoms with van der Waals surface area (Å²) in [4.78, 5) is 24.2. The summed E-state index contributed by atoms with van der Waals surface area (Å²) in [6.07, 6.45) is 6.71. The highest BCUT2D eigenvalue weighted by atomic mass is 33.1. The first-order valence-corrected chi connectivity index (χ1v) is 12.2. The van der Waals surface area contributed by atoms with Gasteiger partial charge in [-0.1, -0.05) is 41.4 Å². The monoisotopic (exact) mass is 426 g/mol. The van der Waals surface area contributed by atoms with Gasteiger partial charge in [-0.05, 0) is 43.9 Å². The predicted octanol–water partition coefficient (Wildman–Crippen LogP) is 4.35. The Hall–Kier alpha value is -1.54.